The van der Waals surface area contributed by atoms with Gasteiger partial charge in [-0.15, -0.1) is 10.2 Å². The van der Waals surface area contributed by atoms with Crippen molar-refractivity contribution in [2.24, 2.45) is 5.92 Å². The highest BCUT2D eigenvalue weighted by Gasteiger charge is 2.30. The molecule has 1 aliphatic heterocycles. The lowest BCUT2D eigenvalue weighted by atomic mass is 10.1. The second kappa shape index (κ2) is 4.69. The SMILES string of the molecule is COc1ccc(N2CC(CS)CC2=O)nn1. The highest BCUT2D eigenvalue weighted by atomic mass is 32.1. The van der Waals surface area contributed by atoms with E-state index in [0.717, 1.165) is 0 Å². The quantitative estimate of drug-likeness (QED) is 0.792. The second-order valence-corrected chi connectivity index (χ2v) is 4.06. The molecule has 1 aromatic heterocycles. The van der Waals surface area contributed by atoms with Crippen molar-refractivity contribution in [2.75, 3.05) is 24.3 Å². The lowest BCUT2D eigenvalue weighted by Crippen LogP contribution is -2.25. The van der Waals surface area contributed by atoms with Crippen LogP contribution in [0.1, 0.15) is 6.42 Å². The van der Waals surface area contributed by atoms with Crippen LogP contribution in [-0.2, 0) is 4.79 Å². The van der Waals surface area contributed by atoms with Crippen LogP contribution in [0.15, 0.2) is 12.1 Å². The molecule has 1 fully saturated rings. The monoisotopic (exact) mass is 239 g/mol. The highest BCUT2D eigenvalue weighted by molar-refractivity contribution is 7.80. The molecule has 0 radical (unpaired) electrons. The summed E-state index contributed by atoms with van der Waals surface area (Å²) >= 11 is 4.21. The molecule has 0 saturated carbocycles. The van der Waals surface area contributed by atoms with Crippen molar-refractivity contribution in [3.8, 4) is 5.88 Å². The van der Waals surface area contributed by atoms with Crippen LogP contribution >= 0.6 is 12.6 Å². The van der Waals surface area contributed by atoms with Crippen LogP contribution in [0.5, 0.6) is 5.88 Å². The fraction of sp³-hybridized carbons (Fsp3) is 0.500. The molecule has 1 atom stereocenters. The number of anilines is 1. The third-order valence-corrected chi connectivity index (χ3v) is 3.09. The van der Waals surface area contributed by atoms with Crippen molar-refractivity contribution < 1.29 is 9.53 Å². The van der Waals surface area contributed by atoms with Crippen LogP contribution in [0.3, 0.4) is 0 Å². The van der Waals surface area contributed by atoms with Crippen LogP contribution in [0.4, 0.5) is 5.82 Å². The third-order valence-electron chi connectivity index (χ3n) is 2.58. The van der Waals surface area contributed by atoms with E-state index in [4.69, 9.17) is 4.74 Å². The molecule has 0 aromatic carbocycles. The van der Waals surface area contributed by atoms with E-state index in [1.807, 2.05) is 0 Å². The van der Waals surface area contributed by atoms with E-state index in [0.29, 0.717) is 36.3 Å². The van der Waals surface area contributed by atoms with Gasteiger partial charge in [0.25, 0.3) is 0 Å². The molecule has 0 aliphatic carbocycles. The lowest BCUT2D eigenvalue weighted by Gasteiger charge is -2.14. The molecule has 2 rings (SSSR count). The molecule has 6 heteroatoms. The molecule has 1 aromatic rings. The second-order valence-electron chi connectivity index (χ2n) is 3.69. The standard InChI is InChI=1S/C10H13N3O2S/c1-15-9-3-2-8(11-12-9)13-5-7(6-16)4-10(13)14/h2-3,7,16H,4-6H2,1H3. The number of amides is 1. The summed E-state index contributed by atoms with van der Waals surface area (Å²) in [6.07, 6.45) is 0.539. The Morgan fingerprint density at radius 3 is 2.88 bits per heavy atom. The van der Waals surface area contributed by atoms with Gasteiger partial charge in [0.05, 0.1) is 7.11 Å². The van der Waals surface area contributed by atoms with Crippen LogP contribution in [-0.4, -0.2) is 35.5 Å². The van der Waals surface area contributed by atoms with Crippen LogP contribution in [0.2, 0.25) is 0 Å². The maximum atomic E-state index is 11.7. The number of hydrogen-bond donors (Lipinski definition) is 1. The van der Waals surface area contributed by atoms with Crippen molar-refractivity contribution >= 4 is 24.4 Å². The van der Waals surface area contributed by atoms with Gasteiger partial charge in [-0.05, 0) is 17.7 Å². The summed E-state index contributed by atoms with van der Waals surface area (Å²) in [6, 6.07) is 3.44. The minimum atomic E-state index is 0.0820. The van der Waals surface area contributed by atoms with E-state index in [2.05, 4.69) is 22.8 Å². The van der Waals surface area contributed by atoms with Gasteiger partial charge in [0.2, 0.25) is 11.8 Å². The molecule has 1 aliphatic rings. The number of carbonyl (C=O) groups is 1. The van der Waals surface area contributed by atoms with Crippen molar-refractivity contribution in [1.82, 2.24) is 10.2 Å². The number of rotatable bonds is 3. The first-order valence-electron chi connectivity index (χ1n) is 5.03. The maximum Gasteiger partial charge on any atom is 0.233 e. The zero-order valence-corrected chi connectivity index (χ0v) is 9.85. The van der Waals surface area contributed by atoms with Crippen LogP contribution in [0.25, 0.3) is 0 Å². The number of thiol groups is 1. The molecular weight excluding hydrogens is 226 g/mol. The summed E-state index contributed by atoms with van der Waals surface area (Å²) in [5.41, 5.74) is 0. The smallest absolute Gasteiger partial charge is 0.233 e. The van der Waals surface area contributed by atoms with Crippen molar-refractivity contribution in [3.63, 3.8) is 0 Å². The fourth-order valence-electron chi connectivity index (χ4n) is 1.69. The summed E-state index contributed by atoms with van der Waals surface area (Å²) in [4.78, 5) is 13.3. The Morgan fingerprint density at radius 2 is 2.38 bits per heavy atom. The van der Waals surface area contributed by atoms with Gasteiger partial charge in [-0.3, -0.25) is 9.69 Å². The summed E-state index contributed by atoms with van der Waals surface area (Å²) < 4.78 is 4.91. The summed E-state index contributed by atoms with van der Waals surface area (Å²) in [7, 11) is 1.53. The first-order chi connectivity index (χ1) is 7.74. The predicted molar refractivity (Wildman–Crippen MR) is 62.9 cm³/mol. The van der Waals surface area contributed by atoms with Crippen LogP contribution in [0, 0.1) is 5.92 Å². The van der Waals surface area contributed by atoms with Gasteiger partial charge >= 0.3 is 0 Å². The molecule has 2 heterocycles. The average Bonchev–Trinajstić information content (AvgIpc) is 2.71. The Hall–Kier alpha value is -1.30. The fourth-order valence-corrected chi connectivity index (χ4v) is 1.94. The Kier molecular flexibility index (Phi) is 3.28. The lowest BCUT2D eigenvalue weighted by molar-refractivity contribution is -0.117. The molecule has 16 heavy (non-hydrogen) atoms. The minimum absolute atomic E-state index is 0.0820. The number of ether oxygens (including phenoxy) is 1. The van der Waals surface area contributed by atoms with Crippen molar-refractivity contribution in [1.29, 1.82) is 0 Å². The van der Waals surface area contributed by atoms with Gasteiger partial charge in [-0.25, -0.2) is 0 Å². The third kappa shape index (κ3) is 2.11. The van der Waals surface area contributed by atoms with Crippen molar-refractivity contribution in [2.45, 2.75) is 6.42 Å². The van der Waals surface area contributed by atoms with Gasteiger partial charge in [0.15, 0.2) is 5.82 Å². The zero-order chi connectivity index (χ0) is 11.5. The highest BCUT2D eigenvalue weighted by Crippen LogP contribution is 2.24. The maximum absolute atomic E-state index is 11.7. The van der Waals surface area contributed by atoms with E-state index >= 15 is 0 Å². The van der Waals surface area contributed by atoms with E-state index in [-0.39, 0.29) is 5.91 Å². The summed E-state index contributed by atoms with van der Waals surface area (Å²) in [5.74, 6) is 2.13. The molecule has 0 N–H and O–H groups in total. The molecule has 1 saturated heterocycles. The van der Waals surface area contributed by atoms with Gasteiger partial charge in [-0.2, -0.15) is 12.6 Å². The average molecular weight is 239 g/mol. The van der Waals surface area contributed by atoms with Gasteiger partial charge in [0.1, 0.15) is 0 Å². The Balaban J connectivity index is 2.15. The number of nitrogens with zero attached hydrogens (tertiary/aromatic N) is 3. The van der Waals surface area contributed by atoms with Crippen molar-refractivity contribution in [3.05, 3.63) is 12.1 Å². The zero-order valence-electron chi connectivity index (χ0n) is 8.96. The minimum Gasteiger partial charge on any atom is -0.480 e. The topological polar surface area (TPSA) is 55.3 Å². The van der Waals surface area contributed by atoms with Gasteiger partial charge < -0.3 is 4.74 Å². The Labute approximate surface area is 99.2 Å². The number of aromatic nitrogens is 2. The number of carbonyl (C=O) groups excluding carboxylic acids is 1. The largest absolute Gasteiger partial charge is 0.480 e. The Morgan fingerprint density at radius 1 is 1.56 bits per heavy atom. The number of methoxy groups -OCH3 is 1. The van der Waals surface area contributed by atoms with E-state index in [9.17, 15) is 4.79 Å². The summed E-state index contributed by atoms with van der Waals surface area (Å²) in [6.45, 7) is 0.670. The molecule has 0 bridgehead atoms. The first-order valence-corrected chi connectivity index (χ1v) is 5.66. The molecule has 0 spiro atoms. The normalized spacial score (nSPS) is 20.2. The molecule has 86 valence electrons. The molecule has 1 unspecified atom stereocenters. The van der Waals surface area contributed by atoms with E-state index in [1.165, 1.54) is 7.11 Å². The summed E-state index contributed by atoms with van der Waals surface area (Å²) in [5, 5.41) is 7.80. The van der Waals surface area contributed by atoms with E-state index in [1.54, 1.807) is 17.0 Å². The predicted octanol–water partition coefficient (Wildman–Crippen LogP) is 0.768. The van der Waals surface area contributed by atoms with Gasteiger partial charge in [-0.1, -0.05) is 0 Å². The molecular formula is C10H13N3O2S. The number of hydrogen-bond acceptors (Lipinski definition) is 5. The van der Waals surface area contributed by atoms with Gasteiger partial charge in [0, 0.05) is 19.0 Å². The molecule has 5 nitrogen and oxygen atoms in total. The van der Waals surface area contributed by atoms with E-state index < -0.39 is 0 Å². The molecule has 1 amide bonds. The van der Waals surface area contributed by atoms with Crippen LogP contribution < -0.4 is 9.64 Å². The Bertz CT molecular complexity index is 382. The first kappa shape index (κ1) is 11.2.